The molecule has 0 aromatic heterocycles. The number of sulfonamides is 1. The summed E-state index contributed by atoms with van der Waals surface area (Å²) in [4.78, 5) is 27.9. The molecule has 1 N–H and O–H groups in total. The van der Waals surface area contributed by atoms with Crippen LogP contribution in [0, 0.1) is 0 Å². The van der Waals surface area contributed by atoms with Gasteiger partial charge in [0, 0.05) is 25.6 Å². The molecule has 1 atom stereocenters. The Labute approximate surface area is 209 Å². The Hall–Kier alpha value is -3.07. The zero-order valence-electron chi connectivity index (χ0n) is 21.2. The van der Waals surface area contributed by atoms with Crippen molar-refractivity contribution < 1.29 is 22.7 Å². The van der Waals surface area contributed by atoms with Gasteiger partial charge in [0.2, 0.25) is 21.8 Å². The highest BCUT2D eigenvalue weighted by Gasteiger charge is 2.29. The van der Waals surface area contributed by atoms with Crippen LogP contribution < -0.4 is 14.4 Å². The van der Waals surface area contributed by atoms with Crippen LogP contribution in [0.1, 0.15) is 45.6 Å². The number of amides is 2. The Morgan fingerprint density at radius 1 is 1.03 bits per heavy atom. The molecule has 2 aromatic rings. The first-order valence-electron chi connectivity index (χ1n) is 11.8. The molecule has 2 amide bonds. The Morgan fingerprint density at radius 2 is 1.66 bits per heavy atom. The van der Waals surface area contributed by atoms with Crippen molar-refractivity contribution in [3.63, 3.8) is 0 Å². The van der Waals surface area contributed by atoms with Gasteiger partial charge in [0.05, 0.1) is 19.1 Å². The summed E-state index contributed by atoms with van der Waals surface area (Å²) >= 11 is 0. The molecular formula is C26H37N3O5S. The molecule has 0 aliphatic heterocycles. The number of anilines is 1. The normalized spacial score (nSPS) is 12.2. The fourth-order valence-corrected chi connectivity index (χ4v) is 4.79. The van der Waals surface area contributed by atoms with Crippen molar-refractivity contribution in [1.29, 1.82) is 0 Å². The largest absolute Gasteiger partial charge is 0.497 e. The lowest BCUT2D eigenvalue weighted by atomic mass is 10.1. The van der Waals surface area contributed by atoms with Gasteiger partial charge in [-0.1, -0.05) is 37.3 Å². The summed E-state index contributed by atoms with van der Waals surface area (Å²) in [6, 6.07) is 15.5. The predicted octanol–water partition coefficient (Wildman–Crippen LogP) is 3.57. The van der Waals surface area contributed by atoms with E-state index in [1.165, 1.54) is 4.31 Å². The van der Waals surface area contributed by atoms with Gasteiger partial charge in [-0.15, -0.1) is 0 Å². The van der Waals surface area contributed by atoms with Gasteiger partial charge < -0.3 is 15.0 Å². The van der Waals surface area contributed by atoms with E-state index in [0.717, 1.165) is 11.8 Å². The van der Waals surface area contributed by atoms with E-state index in [1.807, 2.05) is 51.1 Å². The Bertz CT molecular complexity index is 1060. The smallest absolute Gasteiger partial charge is 0.243 e. The lowest BCUT2D eigenvalue weighted by Gasteiger charge is -2.31. The minimum absolute atomic E-state index is 0.0521. The van der Waals surface area contributed by atoms with Crippen LogP contribution in [0.3, 0.4) is 0 Å². The molecule has 0 heterocycles. The van der Waals surface area contributed by atoms with Crippen molar-refractivity contribution in [1.82, 2.24) is 10.2 Å². The highest BCUT2D eigenvalue weighted by Crippen LogP contribution is 2.20. The summed E-state index contributed by atoms with van der Waals surface area (Å²) in [5.41, 5.74) is 1.43. The number of nitrogens with zero attached hydrogens (tertiary/aromatic N) is 2. The van der Waals surface area contributed by atoms with E-state index in [1.54, 1.807) is 36.3 Å². The predicted molar refractivity (Wildman–Crippen MR) is 139 cm³/mol. The molecule has 0 aliphatic carbocycles. The van der Waals surface area contributed by atoms with Crippen LogP contribution in [-0.4, -0.2) is 57.1 Å². The van der Waals surface area contributed by atoms with Crippen LogP contribution >= 0.6 is 0 Å². The molecular weight excluding hydrogens is 466 g/mol. The molecule has 192 valence electrons. The van der Waals surface area contributed by atoms with Crippen molar-refractivity contribution in [3.8, 4) is 5.75 Å². The van der Waals surface area contributed by atoms with Crippen molar-refractivity contribution >= 4 is 27.5 Å². The molecule has 0 saturated heterocycles. The number of rotatable bonds is 13. The summed E-state index contributed by atoms with van der Waals surface area (Å²) in [6.07, 6.45) is 2.05. The lowest BCUT2D eigenvalue weighted by Crippen LogP contribution is -2.50. The maximum Gasteiger partial charge on any atom is 0.243 e. The summed E-state index contributed by atoms with van der Waals surface area (Å²) in [6.45, 7) is 6.06. The Balaban J connectivity index is 2.20. The van der Waals surface area contributed by atoms with Gasteiger partial charge in [0.1, 0.15) is 11.8 Å². The first-order chi connectivity index (χ1) is 16.6. The third-order valence-electron chi connectivity index (χ3n) is 5.53. The van der Waals surface area contributed by atoms with Gasteiger partial charge in [-0.05, 0) is 56.5 Å². The molecule has 8 nitrogen and oxygen atoms in total. The van der Waals surface area contributed by atoms with Gasteiger partial charge in [0.15, 0.2) is 0 Å². The van der Waals surface area contributed by atoms with Crippen molar-refractivity contribution in [2.45, 2.75) is 58.7 Å². The third kappa shape index (κ3) is 8.58. The number of carbonyl (C=O) groups is 2. The second kappa shape index (κ2) is 13.1. The number of para-hydroxylation sites is 1. The average molecular weight is 504 g/mol. The quantitative estimate of drug-likeness (QED) is 0.451. The molecule has 0 radical (unpaired) electrons. The lowest BCUT2D eigenvalue weighted by molar-refractivity contribution is -0.141. The van der Waals surface area contributed by atoms with E-state index in [9.17, 15) is 18.0 Å². The van der Waals surface area contributed by atoms with Gasteiger partial charge in [-0.3, -0.25) is 13.9 Å². The summed E-state index contributed by atoms with van der Waals surface area (Å²) < 4.78 is 31.2. The molecule has 0 spiro atoms. The van der Waals surface area contributed by atoms with E-state index in [0.29, 0.717) is 24.3 Å². The maximum atomic E-state index is 13.4. The zero-order chi connectivity index (χ0) is 26.0. The van der Waals surface area contributed by atoms with E-state index >= 15 is 0 Å². The zero-order valence-corrected chi connectivity index (χ0v) is 22.0. The van der Waals surface area contributed by atoms with E-state index in [2.05, 4.69) is 5.32 Å². The Kier molecular flexibility index (Phi) is 10.6. The van der Waals surface area contributed by atoms with Crippen molar-refractivity contribution in [3.05, 3.63) is 60.2 Å². The van der Waals surface area contributed by atoms with Crippen molar-refractivity contribution in [2.75, 3.05) is 24.2 Å². The maximum absolute atomic E-state index is 13.4. The number of hydrogen-bond acceptors (Lipinski definition) is 5. The van der Waals surface area contributed by atoms with Crippen LogP contribution in [0.25, 0.3) is 0 Å². The molecule has 0 unspecified atom stereocenters. The van der Waals surface area contributed by atoms with Crippen LogP contribution in [-0.2, 0) is 26.2 Å². The minimum atomic E-state index is -3.51. The van der Waals surface area contributed by atoms with Gasteiger partial charge in [-0.2, -0.15) is 0 Å². The number of benzene rings is 2. The molecule has 35 heavy (non-hydrogen) atoms. The second-order valence-corrected chi connectivity index (χ2v) is 10.6. The topological polar surface area (TPSA) is 96.0 Å². The van der Waals surface area contributed by atoms with Crippen LogP contribution in [0.4, 0.5) is 5.69 Å². The number of methoxy groups -OCH3 is 1. The monoisotopic (exact) mass is 503 g/mol. The van der Waals surface area contributed by atoms with Crippen LogP contribution in [0.15, 0.2) is 54.6 Å². The number of hydrogen-bond donors (Lipinski definition) is 1. The molecule has 2 aromatic carbocycles. The third-order valence-corrected chi connectivity index (χ3v) is 6.72. The van der Waals surface area contributed by atoms with Crippen molar-refractivity contribution in [2.24, 2.45) is 0 Å². The summed E-state index contributed by atoms with van der Waals surface area (Å²) in [5.74, 6) is 0.303. The number of nitrogens with one attached hydrogen (secondary N) is 1. The molecule has 0 bridgehead atoms. The molecule has 0 saturated carbocycles. The van der Waals surface area contributed by atoms with E-state index in [-0.39, 0.29) is 37.4 Å². The number of carbonyl (C=O) groups excluding carboxylic acids is 2. The number of ether oxygens (including phenoxy) is 1. The van der Waals surface area contributed by atoms with Gasteiger partial charge >= 0.3 is 0 Å². The average Bonchev–Trinajstić information content (AvgIpc) is 2.81. The molecule has 0 fully saturated rings. The highest BCUT2D eigenvalue weighted by atomic mass is 32.2. The molecule has 9 heteroatoms. The van der Waals surface area contributed by atoms with Gasteiger partial charge in [0.25, 0.3) is 0 Å². The standard InChI is InChI=1S/C26H37N3O5S/c1-6-24(26(31)27-20(2)3)28(19-21-14-16-23(34-4)17-15-21)25(30)13-10-18-29(35(5,32)33)22-11-8-7-9-12-22/h7-9,11-12,14-17,20,24H,6,10,13,18-19H2,1-5H3,(H,27,31)/t24-/m0/s1. The molecule has 2 rings (SSSR count). The van der Waals surface area contributed by atoms with E-state index < -0.39 is 16.1 Å². The van der Waals surface area contributed by atoms with Crippen LogP contribution in [0.5, 0.6) is 5.75 Å². The Morgan fingerprint density at radius 3 is 2.17 bits per heavy atom. The van der Waals surface area contributed by atoms with Crippen LogP contribution in [0.2, 0.25) is 0 Å². The second-order valence-electron chi connectivity index (χ2n) is 8.73. The highest BCUT2D eigenvalue weighted by molar-refractivity contribution is 7.92. The first kappa shape index (κ1) is 28.2. The van der Waals surface area contributed by atoms with E-state index in [4.69, 9.17) is 4.74 Å². The fraction of sp³-hybridized carbons (Fsp3) is 0.462. The molecule has 0 aliphatic rings. The summed E-state index contributed by atoms with van der Waals surface area (Å²) in [5, 5.41) is 2.91. The SMILES string of the molecule is CC[C@@H](C(=O)NC(C)C)N(Cc1ccc(OC)cc1)C(=O)CCCN(c1ccccc1)S(C)(=O)=O. The van der Waals surface area contributed by atoms with Gasteiger partial charge in [-0.25, -0.2) is 8.42 Å². The minimum Gasteiger partial charge on any atom is -0.497 e. The fourth-order valence-electron chi connectivity index (χ4n) is 3.83. The first-order valence-corrected chi connectivity index (χ1v) is 13.7. The summed E-state index contributed by atoms with van der Waals surface area (Å²) in [7, 11) is -1.92.